The van der Waals surface area contributed by atoms with E-state index >= 15 is 0 Å². The van der Waals surface area contributed by atoms with Gasteiger partial charge in [-0.25, -0.2) is 0 Å². The van der Waals surface area contributed by atoms with E-state index in [9.17, 15) is 15.0 Å². The Balaban J connectivity index is 2.60. The van der Waals surface area contributed by atoms with Gasteiger partial charge in [-0.15, -0.1) is 0 Å². The van der Waals surface area contributed by atoms with Crippen LogP contribution in [-0.2, 0) is 0 Å². The Morgan fingerprint density at radius 3 is 2.43 bits per heavy atom. The van der Waals surface area contributed by atoms with Crippen LogP contribution in [0.3, 0.4) is 0 Å². The lowest BCUT2D eigenvalue weighted by Crippen LogP contribution is -2.01. The SMILES string of the molecule is COc1cc2cc3oc(C)cc(=O)c3c(O)c2c(O)c1C. The minimum Gasteiger partial charge on any atom is -0.507 e. The lowest BCUT2D eigenvalue weighted by molar-refractivity contribution is 0.404. The Morgan fingerprint density at radius 2 is 1.76 bits per heavy atom. The summed E-state index contributed by atoms with van der Waals surface area (Å²) in [7, 11) is 1.50. The van der Waals surface area contributed by atoms with Gasteiger partial charge in [-0.1, -0.05) is 0 Å². The number of ether oxygens (including phenoxy) is 1. The molecule has 2 N–H and O–H groups in total. The largest absolute Gasteiger partial charge is 0.507 e. The molecule has 0 bridgehead atoms. The van der Waals surface area contributed by atoms with Gasteiger partial charge in [-0.3, -0.25) is 4.79 Å². The maximum absolute atomic E-state index is 12.1. The quantitative estimate of drug-likeness (QED) is 0.672. The number of methoxy groups -OCH3 is 1. The van der Waals surface area contributed by atoms with Crippen molar-refractivity contribution in [1.82, 2.24) is 0 Å². The lowest BCUT2D eigenvalue weighted by atomic mass is 10.0. The maximum atomic E-state index is 12.1. The molecule has 5 heteroatoms. The molecule has 1 heterocycles. The van der Waals surface area contributed by atoms with Gasteiger partial charge < -0.3 is 19.4 Å². The van der Waals surface area contributed by atoms with Crippen LogP contribution in [0.2, 0.25) is 0 Å². The number of phenolic OH excluding ortho intramolecular Hbond substituents is 2. The van der Waals surface area contributed by atoms with Crippen molar-refractivity contribution < 1.29 is 19.4 Å². The average Bonchev–Trinajstić information content (AvgIpc) is 2.41. The molecule has 0 fully saturated rings. The molecule has 21 heavy (non-hydrogen) atoms. The fraction of sp³-hybridized carbons (Fsp3) is 0.188. The minimum absolute atomic E-state index is 0.0629. The molecule has 0 atom stereocenters. The third kappa shape index (κ3) is 1.81. The smallest absolute Gasteiger partial charge is 0.196 e. The number of phenols is 2. The zero-order chi connectivity index (χ0) is 15.3. The topological polar surface area (TPSA) is 79.9 Å². The zero-order valence-electron chi connectivity index (χ0n) is 11.9. The van der Waals surface area contributed by atoms with Crippen molar-refractivity contribution in [3.8, 4) is 17.2 Å². The molecule has 2 aromatic carbocycles. The first kappa shape index (κ1) is 13.3. The third-order valence-electron chi connectivity index (χ3n) is 3.62. The number of hydrogen-bond acceptors (Lipinski definition) is 5. The maximum Gasteiger partial charge on any atom is 0.196 e. The summed E-state index contributed by atoms with van der Waals surface area (Å²) < 4.78 is 10.7. The van der Waals surface area contributed by atoms with E-state index in [1.54, 1.807) is 26.0 Å². The van der Waals surface area contributed by atoms with Crippen LogP contribution >= 0.6 is 0 Å². The summed E-state index contributed by atoms with van der Waals surface area (Å²) in [6.45, 7) is 3.34. The van der Waals surface area contributed by atoms with Crippen molar-refractivity contribution in [2.45, 2.75) is 13.8 Å². The minimum atomic E-state index is -0.346. The van der Waals surface area contributed by atoms with Crippen LogP contribution in [0.4, 0.5) is 0 Å². The highest BCUT2D eigenvalue weighted by Crippen LogP contribution is 2.42. The van der Waals surface area contributed by atoms with Gasteiger partial charge in [0.05, 0.1) is 12.5 Å². The predicted molar refractivity (Wildman–Crippen MR) is 79.3 cm³/mol. The van der Waals surface area contributed by atoms with Crippen molar-refractivity contribution >= 4 is 21.7 Å². The van der Waals surface area contributed by atoms with Crippen molar-refractivity contribution in [2.24, 2.45) is 0 Å². The van der Waals surface area contributed by atoms with Crippen LogP contribution < -0.4 is 10.2 Å². The summed E-state index contributed by atoms with van der Waals surface area (Å²) in [5.41, 5.74) is 0.424. The van der Waals surface area contributed by atoms with Crippen LogP contribution in [-0.4, -0.2) is 17.3 Å². The van der Waals surface area contributed by atoms with Crippen LogP contribution in [0.1, 0.15) is 11.3 Å². The van der Waals surface area contributed by atoms with Gasteiger partial charge in [0.25, 0.3) is 0 Å². The predicted octanol–water partition coefficient (Wildman–Crippen LogP) is 2.98. The second kappa shape index (κ2) is 4.41. The van der Waals surface area contributed by atoms with Gasteiger partial charge in [0.2, 0.25) is 0 Å². The summed E-state index contributed by atoms with van der Waals surface area (Å²) in [5, 5.41) is 21.5. The number of aromatic hydroxyl groups is 2. The van der Waals surface area contributed by atoms with Gasteiger partial charge in [-0.2, -0.15) is 0 Å². The Morgan fingerprint density at radius 1 is 1.05 bits per heavy atom. The van der Waals surface area contributed by atoms with E-state index in [-0.39, 0.29) is 33.3 Å². The first-order valence-corrected chi connectivity index (χ1v) is 6.40. The summed E-state index contributed by atoms with van der Waals surface area (Å²) in [6.07, 6.45) is 0. The van der Waals surface area contributed by atoms with Crippen molar-refractivity contribution in [3.05, 3.63) is 39.7 Å². The molecule has 0 aliphatic heterocycles. The van der Waals surface area contributed by atoms with Crippen LogP contribution in [0.25, 0.3) is 21.7 Å². The molecule has 3 rings (SSSR count). The normalized spacial score (nSPS) is 11.2. The standard InChI is InChI=1S/C16H14O5/c1-7-4-10(17)14-12(21-7)6-9-5-11(20-3)8(2)15(18)13(9)16(14)19/h4-6,18-19H,1-3H3. The van der Waals surface area contributed by atoms with Gasteiger partial charge in [0, 0.05) is 11.6 Å². The van der Waals surface area contributed by atoms with Crippen molar-refractivity contribution in [2.75, 3.05) is 7.11 Å². The monoisotopic (exact) mass is 286 g/mol. The zero-order valence-corrected chi connectivity index (χ0v) is 11.9. The van der Waals surface area contributed by atoms with Gasteiger partial charge in [0.1, 0.15) is 34.0 Å². The molecule has 0 aliphatic rings. The first-order chi connectivity index (χ1) is 9.93. The number of hydrogen-bond donors (Lipinski definition) is 2. The Kier molecular flexibility index (Phi) is 2.79. The van der Waals surface area contributed by atoms with E-state index in [1.807, 2.05) is 0 Å². The van der Waals surface area contributed by atoms with Gasteiger partial charge in [0.15, 0.2) is 5.43 Å². The van der Waals surface area contributed by atoms with Gasteiger partial charge in [-0.05, 0) is 31.4 Å². The lowest BCUT2D eigenvalue weighted by Gasteiger charge is -2.12. The fourth-order valence-electron chi connectivity index (χ4n) is 2.57. The third-order valence-corrected chi connectivity index (χ3v) is 3.62. The Bertz CT molecular complexity index is 937. The van der Waals surface area contributed by atoms with E-state index in [4.69, 9.17) is 9.15 Å². The van der Waals surface area contributed by atoms with Crippen LogP contribution in [0, 0.1) is 13.8 Å². The Hall–Kier alpha value is -2.69. The first-order valence-electron chi connectivity index (χ1n) is 6.40. The molecule has 1 aromatic heterocycles. The average molecular weight is 286 g/mol. The van der Waals surface area contributed by atoms with E-state index < -0.39 is 0 Å². The highest BCUT2D eigenvalue weighted by Gasteiger charge is 2.18. The second-order valence-electron chi connectivity index (χ2n) is 4.97. The molecule has 0 saturated heterocycles. The molecule has 108 valence electrons. The van der Waals surface area contributed by atoms with Crippen molar-refractivity contribution in [3.63, 3.8) is 0 Å². The highest BCUT2D eigenvalue weighted by atomic mass is 16.5. The molecule has 0 saturated carbocycles. The number of aryl methyl sites for hydroxylation is 1. The highest BCUT2D eigenvalue weighted by molar-refractivity contribution is 6.06. The summed E-state index contributed by atoms with van der Waals surface area (Å²) in [6, 6.07) is 4.60. The van der Waals surface area contributed by atoms with E-state index in [2.05, 4.69) is 0 Å². The molecule has 3 aromatic rings. The van der Waals surface area contributed by atoms with Gasteiger partial charge >= 0.3 is 0 Å². The summed E-state index contributed by atoms with van der Waals surface area (Å²) in [4.78, 5) is 12.1. The molecule has 0 amide bonds. The number of rotatable bonds is 1. The molecular weight excluding hydrogens is 272 g/mol. The molecule has 0 unspecified atom stereocenters. The number of fused-ring (bicyclic) bond motifs is 2. The molecule has 0 spiro atoms. The van der Waals surface area contributed by atoms with Crippen LogP contribution in [0.15, 0.2) is 27.4 Å². The molecule has 0 aliphatic carbocycles. The fourth-order valence-corrected chi connectivity index (χ4v) is 2.57. The summed E-state index contributed by atoms with van der Waals surface area (Å²) in [5.74, 6) is 0.562. The second-order valence-corrected chi connectivity index (χ2v) is 4.97. The van der Waals surface area contributed by atoms with E-state index in [1.165, 1.54) is 13.2 Å². The molecular formula is C16H14O5. The van der Waals surface area contributed by atoms with E-state index in [0.717, 1.165) is 0 Å². The molecule has 0 radical (unpaired) electrons. The Labute approximate surface area is 120 Å². The van der Waals surface area contributed by atoms with Crippen LogP contribution in [0.5, 0.6) is 17.2 Å². The van der Waals surface area contributed by atoms with Crippen molar-refractivity contribution in [1.29, 1.82) is 0 Å². The summed E-state index contributed by atoms with van der Waals surface area (Å²) >= 11 is 0. The molecule has 5 nitrogen and oxygen atoms in total. The number of benzene rings is 2. The van der Waals surface area contributed by atoms with E-state index in [0.29, 0.717) is 22.5 Å².